The number of halogens is 1. The Balaban J connectivity index is 1.62. The number of aromatic nitrogens is 2. The van der Waals surface area contributed by atoms with Crippen LogP contribution in [0.4, 0.5) is 4.39 Å². The fraction of sp³-hybridized carbons (Fsp3) is 0.150. The molecule has 3 N–H and O–H groups in total. The fourth-order valence-corrected chi connectivity index (χ4v) is 2.66. The molecule has 1 amide bonds. The Labute approximate surface area is 155 Å². The van der Waals surface area contributed by atoms with Crippen LogP contribution in [0.5, 0.6) is 0 Å². The van der Waals surface area contributed by atoms with Crippen molar-refractivity contribution >= 4 is 11.9 Å². The van der Waals surface area contributed by atoms with Gasteiger partial charge in [-0.3, -0.25) is 14.7 Å². The van der Waals surface area contributed by atoms with E-state index < -0.39 is 17.8 Å². The largest absolute Gasteiger partial charge is 0.481 e. The molecular weight excluding hydrogens is 349 g/mol. The summed E-state index contributed by atoms with van der Waals surface area (Å²) in [5.41, 5.74) is 2.26. The van der Waals surface area contributed by atoms with Crippen molar-refractivity contribution in [1.82, 2.24) is 15.5 Å². The first-order valence-corrected chi connectivity index (χ1v) is 8.39. The standard InChI is InChI=1S/C20H18FN3O3/c21-16-8-6-14(7-9-16)17-11-18(24-23-17)19(25)22-12-15(20(26)27)10-13-4-2-1-3-5-13/h1-9,11,15H,10,12H2,(H,22,25)(H,23,24)(H,26,27)/t15-/m1/s1. The molecule has 0 unspecified atom stereocenters. The SMILES string of the molecule is O=C(NC[C@@H](Cc1ccccc1)C(=O)O)c1cc(-c2ccc(F)cc2)n[nH]1. The van der Waals surface area contributed by atoms with Crippen molar-refractivity contribution in [1.29, 1.82) is 0 Å². The van der Waals surface area contributed by atoms with Crippen LogP contribution in [0.3, 0.4) is 0 Å². The van der Waals surface area contributed by atoms with Gasteiger partial charge in [0.2, 0.25) is 0 Å². The lowest BCUT2D eigenvalue weighted by atomic mass is 9.99. The van der Waals surface area contributed by atoms with Crippen LogP contribution in [0.15, 0.2) is 60.7 Å². The summed E-state index contributed by atoms with van der Waals surface area (Å²) in [6.07, 6.45) is 0.320. The number of nitrogens with zero attached hydrogens (tertiary/aromatic N) is 1. The highest BCUT2D eigenvalue weighted by molar-refractivity contribution is 5.93. The number of hydrogen-bond acceptors (Lipinski definition) is 3. The molecular formula is C20H18FN3O3. The second-order valence-electron chi connectivity index (χ2n) is 6.11. The molecule has 0 fully saturated rings. The topological polar surface area (TPSA) is 95.1 Å². The van der Waals surface area contributed by atoms with Crippen molar-refractivity contribution < 1.29 is 19.1 Å². The van der Waals surface area contributed by atoms with E-state index in [1.165, 1.54) is 18.2 Å². The zero-order valence-corrected chi connectivity index (χ0v) is 14.4. The second kappa shape index (κ2) is 8.27. The van der Waals surface area contributed by atoms with Crippen LogP contribution in [0.1, 0.15) is 16.1 Å². The van der Waals surface area contributed by atoms with Gasteiger partial charge < -0.3 is 10.4 Å². The Kier molecular flexibility index (Phi) is 5.61. The minimum absolute atomic E-state index is 0.00599. The first-order valence-electron chi connectivity index (χ1n) is 8.39. The van der Waals surface area contributed by atoms with E-state index in [1.807, 2.05) is 30.3 Å². The molecule has 6 nitrogen and oxygen atoms in total. The summed E-state index contributed by atoms with van der Waals surface area (Å²) in [6, 6.07) is 16.5. The monoisotopic (exact) mass is 367 g/mol. The van der Waals surface area contributed by atoms with Crippen molar-refractivity contribution in [3.05, 3.63) is 77.7 Å². The molecule has 138 valence electrons. The number of H-pyrrole nitrogens is 1. The number of hydrogen-bond donors (Lipinski definition) is 3. The van der Waals surface area contributed by atoms with Gasteiger partial charge in [-0.05, 0) is 42.3 Å². The lowest BCUT2D eigenvalue weighted by Crippen LogP contribution is -2.34. The lowest BCUT2D eigenvalue weighted by Gasteiger charge is -2.13. The normalized spacial score (nSPS) is 11.7. The average molecular weight is 367 g/mol. The summed E-state index contributed by atoms with van der Waals surface area (Å²) in [7, 11) is 0. The molecule has 0 aliphatic rings. The van der Waals surface area contributed by atoms with Crippen LogP contribution >= 0.6 is 0 Å². The number of benzene rings is 2. The van der Waals surface area contributed by atoms with E-state index in [1.54, 1.807) is 12.1 Å². The maximum Gasteiger partial charge on any atom is 0.308 e. The predicted octanol–water partition coefficient (Wildman–Crippen LogP) is 2.89. The summed E-state index contributed by atoms with van der Waals surface area (Å²) < 4.78 is 13.0. The summed E-state index contributed by atoms with van der Waals surface area (Å²) in [5, 5.41) is 18.7. The van der Waals surface area contributed by atoms with E-state index in [0.717, 1.165) is 5.56 Å². The average Bonchev–Trinajstić information content (AvgIpc) is 3.16. The van der Waals surface area contributed by atoms with Gasteiger partial charge in [-0.1, -0.05) is 30.3 Å². The molecule has 3 rings (SSSR count). The third-order valence-electron chi connectivity index (χ3n) is 4.15. The van der Waals surface area contributed by atoms with E-state index >= 15 is 0 Å². The lowest BCUT2D eigenvalue weighted by molar-refractivity contribution is -0.141. The smallest absolute Gasteiger partial charge is 0.308 e. The van der Waals surface area contributed by atoms with Gasteiger partial charge in [0.25, 0.3) is 5.91 Å². The minimum Gasteiger partial charge on any atom is -0.481 e. The molecule has 0 spiro atoms. The number of aromatic amines is 1. The van der Waals surface area contributed by atoms with Crippen molar-refractivity contribution in [3.8, 4) is 11.3 Å². The highest BCUT2D eigenvalue weighted by Crippen LogP contribution is 2.18. The van der Waals surface area contributed by atoms with Crippen molar-refractivity contribution in [2.45, 2.75) is 6.42 Å². The molecule has 0 saturated carbocycles. The Morgan fingerprint density at radius 1 is 1.11 bits per heavy atom. The summed E-state index contributed by atoms with van der Waals surface area (Å²) in [5.74, 6) is -2.52. The van der Waals surface area contributed by atoms with Gasteiger partial charge in [-0.15, -0.1) is 0 Å². The van der Waals surface area contributed by atoms with Crippen molar-refractivity contribution in [3.63, 3.8) is 0 Å². The fourth-order valence-electron chi connectivity index (χ4n) is 2.66. The molecule has 3 aromatic rings. The van der Waals surface area contributed by atoms with Gasteiger partial charge >= 0.3 is 5.97 Å². The van der Waals surface area contributed by atoms with Crippen LogP contribution in [0.25, 0.3) is 11.3 Å². The first kappa shape index (κ1) is 18.3. The minimum atomic E-state index is -0.976. The van der Waals surface area contributed by atoms with Crippen LogP contribution < -0.4 is 5.32 Å². The number of rotatable bonds is 7. The van der Waals surface area contributed by atoms with E-state index in [-0.39, 0.29) is 18.1 Å². The summed E-state index contributed by atoms with van der Waals surface area (Å²) >= 11 is 0. The van der Waals surface area contributed by atoms with Crippen LogP contribution in [0.2, 0.25) is 0 Å². The summed E-state index contributed by atoms with van der Waals surface area (Å²) in [6.45, 7) is -0.00599. The van der Waals surface area contributed by atoms with E-state index in [9.17, 15) is 19.1 Å². The number of aliphatic carboxylic acids is 1. The molecule has 27 heavy (non-hydrogen) atoms. The quantitative estimate of drug-likeness (QED) is 0.598. The van der Waals surface area contributed by atoms with E-state index in [2.05, 4.69) is 15.5 Å². The predicted molar refractivity (Wildman–Crippen MR) is 97.6 cm³/mol. The van der Waals surface area contributed by atoms with Crippen molar-refractivity contribution in [2.24, 2.45) is 5.92 Å². The zero-order chi connectivity index (χ0) is 19.2. The Morgan fingerprint density at radius 2 is 1.81 bits per heavy atom. The molecule has 0 saturated heterocycles. The third kappa shape index (κ3) is 4.78. The molecule has 1 aromatic heterocycles. The van der Waals surface area contributed by atoms with E-state index in [0.29, 0.717) is 17.7 Å². The van der Waals surface area contributed by atoms with Crippen LogP contribution in [-0.4, -0.2) is 33.7 Å². The highest BCUT2D eigenvalue weighted by atomic mass is 19.1. The van der Waals surface area contributed by atoms with Gasteiger partial charge in [0, 0.05) is 12.1 Å². The van der Waals surface area contributed by atoms with Crippen molar-refractivity contribution in [2.75, 3.05) is 6.54 Å². The maximum absolute atomic E-state index is 13.0. The molecule has 1 atom stereocenters. The van der Waals surface area contributed by atoms with Crippen LogP contribution in [-0.2, 0) is 11.2 Å². The number of carboxylic acid groups (broad SMARTS) is 1. The number of carbonyl (C=O) groups is 2. The second-order valence-corrected chi connectivity index (χ2v) is 6.11. The van der Waals surface area contributed by atoms with Crippen LogP contribution in [0, 0.1) is 11.7 Å². The van der Waals surface area contributed by atoms with Gasteiger partial charge in [0.1, 0.15) is 11.5 Å². The molecule has 0 radical (unpaired) electrons. The molecule has 1 heterocycles. The summed E-state index contributed by atoms with van der Waals surface area (Å²) in [4.78, 5) is 23.8. The number of amides is 1. The first-order chi connectivity index (χ1) is 13.0. The number of carbonyl (C=O) groups excluding carboxylic acids is 1. The van der Waals surface area contributed by atoms with Gasteiger partial charge in [-0.25, -0.2) is 4.39 Å². The Bertz CT molecular complexity index is 923. The number of nitrogens with one attached hydrogen (secondary N) is 2. The third-order valence-corrected chi connectivity index (χ3v) is 4.15. The Morgan fingerprint density at radius 3 is 2.48 bits per heavy atom. The van der Waals surface area contributed by atoms with Gasteiger partial charge in [-0.2, -0.15) is 5.10 Å². The van der Waals surface area contributed by atoms with Gasteiger partial charge in [0.15, 0.2) is 0 Å². The number of carboxylic acids is 1. The maximum atomic E-state index is 13.0. The molecule has 0 bridgehead atoms. The molecule has 0 aliphatic carbocycles. The van der Waals surface area contributed by atoms with Gasteiger partial charge in [0.05, 0.1) is 11.6 Å². The molecule has 7 heteroatoms. The van der Waals surface area contributed by atoms with E-state index in [4.69, 9.17) is 0 Å². The molecule has 0 aliphatic heterocycles. The highest BCUT2D eigenvalue weighted by Gasteiger charge is 2.20. The molecule has 2 aromatic carbocycles. The zero-order valence-electron chi connectivity index (χ0n) is 14.4. The Hall–Kier alpha value is -3.48.